The lowest BCUT2D eigenvalue weighted by Crippen LogP contribution is -2.42. The molecular weight excluding hydrogens is 244 g/mol. The number of hydrogen-bond acceptors (Lipinski definition) is 2. The Morgan fingerprint density at radius 1 is 1.47 bits per heavy atom. The lowest BCUT2D eigenvalue weighted by Gasteiger charge is -2.13. The van der Waals surface area contributed by atoms with E-state index in [4.69, 9.17) is 5.11 Å². The van der Waals surface area contributed by atoms with Crippen LogP contribution in [0.2, 0.25) is 0 Å². The molecule has 0 aliphatic rings. The van der Waals surface area contributed by atoms with E-state index in [1.54, 1.807) is 6.07 Å². The van der Waals surface area contributed by atoms with Gasteiger partial charge in [0.25, 0.3) is 0 Å². The van der Waals surface area contributed by atoms with Gasteiger partial charge >= 0.3 is 12.0 Å². The van der Waals surface area contributed by atoms with E-state index in [2.05, 4.69) is 17.2 Å². The van der Waals surface area contributed by atoms with Crippen molar-refractivity contribution in [1.29, 1.82) is 0 Å². The summed E-state index contributed by atoms with van der Waals surface area (Å²) in [4.78, 5) is 22.6. The number of aliphatic carboxylic acids is 1. The van der Waals surface area contributed by atoms with Crippen LogP contribution in [0.25, 0.3) is 0 Å². The number of hydrogen-bond donors (Lipinski definition) is 3. The molecular formula is C14H18N2O3. The van der Waals surface area contributed by atoms with Crippen LogP contribution in [0.3, 0.4) is 0 Å². The minimum atomic E-state index is -1.09. The number of nitrogens with one attached hydrogen (secondary N) is 2. The number of carbonyl (C=O) groups excluding carboxylic acids is 1. The van der Waals surface area contributed by atoms with Gasteiger partial charge < -0.3 is 15.7 Å². The second-order valence-corrected chi connectivity index (χ2v) is 4.07. The summed E-state index contributed by atoms with van der Waals surface area (Å²) in [5, 5.41) is 13.9. The third-order valence-electron chi connectivity index (χ3n) is 2.60. The van der Waals surface area contributed by atoms with Gasteiger partial charge in [-0.15, -0.1) is 6.58 Å². The molecule has 0 radical (unpaired) electrons. The van der Waals surface area contributed by atoms with Crippen LogP contribution >= 0.6 is 0 Å². The average molecular weight is 262 g/mol. The van der Waals surface area contributed by atoms with Gasteiger partial charge in [0, 0.05) is 5.69 Å². The van der Waals surface area contributed by atoms with Crippen LogP contribution in [0.4, 0.5) is 10.5 Å². The summed E-state index contributed by atoms with van der Waals surface area (Å²) in [7, 11) is 0. The highest BCUT2D eigenvalue weighted by Crippen LogP contribution is 2.11. The van der Waals surface area contributed by atoms with Crippen molar-refractivity contribution in [3.05, 3.63) is 42.5 Å². The molecule has 1 atom stereocenters. The first-order valence-electron chi connectivity index (χ1n) is 6.07. The van der Waals surface area contributed by atoms with Crippen LogP contribution in [-0.2, 0) is 11.2 Å². The molecule has 0 aromatic heterocycles. The predicted molar refractivity (Wildman–Crippen MR) is 74.2 cm³/mol. The van der Waals surface area contributed by atoms with Crippen molar-refractivity contribution >= 4 is 17.7 Å². The molecule has 1 unspecified atom stereocenters. The molecule has 5 heteroatoms. The highest BCUT2D eigenvalue weighted by atomic mass is 16.4. The van der Waals surface area contributed by atoms with Gasteiger partial charge in [0.2, 0.25) is 0 Å². The molecule has 102 valence electrons. The molecule has 0 aliphatic heterocycles. The summed E-state index contributed by atoms with van der Waals surface area (Å²) in [6.45, 7) is 5.48. The number of carboxylic acids is 1. The number of anilines is 1. The zero-order valence-electron chi connectivity index (χ0n) is 10.8. The molecule has 0 bridgehead atoms. The standard InChI is InChI=1S/C14H18N2O3/c1-3-6-12(13(17)18)16-14(19)15-11-8-5-7-10(4-2)9-11/h3,5,7-9,12H,1,4,6H2,2H3,(H,17,18)(H2,15,16,19). The molecule has 1 aromatic rings. The largest absolute Gasteiger partial charge is 0.480 e. The van der Waals surface area contributed by atoms with E-state index in [-0.39, 0.29) is 6.42 Å². The Morgan fingerprint density at radius 3 is 2.79 bits per heavy atom. The Kier molecular flexibility index (Phi) is 5.60. The molecule has 19 heavy (non-hydrogen) atoms. The third kappa shape index (κ3) is 4.83. The highest BCUT2D eigenvalue weighted by molar-refractivity contribution is 5.92. The average Bonchev–Trinajstić information content (AvgIpc) is 2.38. The van der Waals surface area contributed by atoms with E-state index >= 15 is 0 Å². The second kappa shape index (κ2) is 7.20. The molecule has 2 amide bonds. The van der Waals surface area contributed by atoms with Crippen molar-refractivity contribution in [3.8, 4) is 0 Å². The number of rotatable bonds is 6. The molecule has 0 heterocycles. The van der Waals surface area contributed by atoms with Crippen LogP contribution in [0.5, 0.6) is 0 Å². The SMILES string of the molecule is C=CCC(NC(=O)Nc1cccc(CC)c1)C(=O)O. The number of urea groups is 1. The minimum Gasteiger partial charge on any atom is -0.480 e. The van der Waals surface area contributed by atoms with E-state index < -0.39 is 18.0 Å². The summed E-state index contributed by atoms with van der Waals surface area (Å²) in [5.74, 6) is -1.09. The van der Waals surface area contributed by atoms with E-state index in [0.29, 0.717) is 5.69 Å². The maximum atomic E-state index is 11.7. The Labute approximate surface area is 112 Å². The normalized spacial score (nSPS) is 11.4. The van der Waals surface area contributed by atoms with Gasteiger partial charge in [0.15, 0.2) is 0 Å². The van der Waals surface area contributed by atoms with Crippen LogP contribution in [-0.4, -0.2) is 23.1 Å². The number of aryl methyl sites for hydroxylation is 1. The van der Waals surface area contributed by atoms with Crippen LogP contribution in [0.15, 0.2) is 36.9 Å². The molecule has 0 aliphatic carbocycles. The fourth-order valence-corrected chi connectivity index (χ4v) is 1.58. The third-order valence-corrected chi connectivity index (χ3v) is 2.60. The van der Waals surface area contributed by atoms with Gasteiger partial charge in [-0.05, 0) is 30.5 Å². The summed E-state index contributed by atoms with van der Waals surface area (Å²) in [5.41, 5.74) is 1.73. The van der Waals surface area contributed by atoms with Crippen molar-refractivity contribution < 1.29 is 14.7 Å². The maximum Gasteiger partial charge on any atom is 0.326 e. The van der Waals surface area contributed by atoms with E-state index in [1.807, 2.05) is 25.1 Å². The Balaban J connectivity index is 2.63. The van der Waals surface area contributed by atoms with Gasteiger partial charge in [0.1, 0.15) is 6.04 Å². The smallest absolute Gasteiger partial charge is 0.326 e. The first-order valence-corrected chi connectivity index (χ1v) is 6.07. The Bertz CT molecular complexity index is 472. The number of carboxylic acid groups (broad SMARTS) is 1. The van der Waals surface area contributed by atoms with Crippen molar-refractivity contribution in [2.75, 3.05) is 5.32 Å². The summed E-state index contributed by atoms with van der Waals surface area (Å²) in [6, 6.07) is 5.90. The van der Waals surface area contributed by atoms with Crippen LogP contribution < -0.4 is 10.6 Å². The first kappa shape index (κ1) is 14.8. The lowest BCUT2D eigenvalue weighted by molar-refractivity contribution is -0.139. The molecule has 0 fully saturated rings. The molecule has 0 saturated heterocycles. The van der Waals surface area contributed by atoms with E-state index in [0.717, 1.165) is 12.0 Å². The highest BCUT2D eigenvalue weighted by Gasteiger charge is 2.18. The van der Waals surface area contributed by atoms with Crippen molar-refractivity contribution in [3.63, 3.8) is 0 Å². The van der Waals surface area contributed by atoms with Gasteiger partial charge in [-0.1, -0.05) is 25.1 Å². The molecule has 5 nitrogen and oxygen atoms in total. The van der Waals surface area contributed by atoms with Gasteiger partial charge in [-0.3, -0.25) is 0 Å². The number of amides is 2. The Hall–Kier alpha value is -2.30. The summed E-state index contributed by atoms with van der Waals surface area (Å²) in [6.07, 6.45) is 2.50. The fourth-order valence-electron chi connectivity index (χ4n) is 1.58. The van der Waals surface area contributed by atoms with Gasteiger partial charge in [-0.2, -0.15) is 0 Å². The summed E-state index contributed by atoms with van der Waals surface area (Å²) < 4.78 is 0. The van der Waals surface area contributed by atoms with E-state index in [1.165, 1.54) is 6.08 Å². The quantitative estimate of drug-likeness (QED) is 0.689. The van der Waals surface area contributed by atoms with E-state index in [9.17, 15) is 9.59 Å². The van der Waals surface area contributed by atoms with Crippen molar-refractivity contribution in [2.24, 2.45) is 0 Å². The minimum absolute atomic E-state index is 0.178. The number of carbonyl (C=O) groups is 2. The topological polar surface area (TPSA) is 78.4 Å². The maximum absolute atomic E-state index is 11.7. The van der Waals surface area contributed by atoms with Crippen molar-refractivity contribution in [1.82, 2.24) is 5.32 Å². The second-order valence-electron chi connectivity index (χ2n) is 4.07. The van der Waals surface area contributed by atoms with Gasteiger partial charge in [-0.25, -0.2) is 9.59 Å². The fraction of sp³-hybridized carbons (Fsp3) is 0.286. The predicted octanol–water partition coefficient (Wildman–Crippen LogP) is 2.40. The molecule has 0 spiro atoms. The van der Waals surface area contributed by atoms with Crippen molar-refractivity contribution in [2.45, 2.75) is 25.8 Å². The molecule has 0 saturated carbocycles. The van der Waals surface area contributed by atoms with Gasteiger partial charge in [0.05, 0.1) is 0 Å². The first-order chi connectivity index (χ1) is 9.06. The number of benzene rings is 1. The van der Waals surface area contributed by atoms with Crippen LogP contribution in [0.1, 0.15) is 18.9 Å². The summed E-state index contributed by atoms with van der Waals surface area (Å²) >= 11 is 0. The zero-order chi connectivity index (χ0) is 14.3. The van der Waals surface area contributed by atoms with Crippen LogP contribution in [0, 0.1) is 0 Å². The molecule has 1 rings (SSSR count). The monoisotopic (exact) mass is 262 g/mol. The molecule has 1 aromatic carbocycles. The molecule has 3 N–H and O–H groups in total. The zero-order valence-corrected chi connectivity index (χ0v) is 10.8. The Morgan fingerprint density at radius 2 is 2.21 bits per heavy atom. The lowest BCUT2D eigenvalue weighted by atomic mass is 10.1.